The number of nitrogens with one attached hydrogen (secondary N) is 2. The molecule has 3 aromatic rings. The molecular weight excluding hydrogens is 450 g/mol. The zero-order valence-corrected chi connectivity index (χ0v) is 17.4. The number of rotatable bonds is 8. The minimum Gasteiger partial charge on any atom is -0.416 e. The van der Waals surface area contributed by atoms with Gasteiger partial charge in [0.05, 0.1) is 12.3 Å². The number of carbonyl (C=O) groups excluding carboxylic acids is 1. The number of benzene rings is 2. The molecule has 1 aromatic heterocycles. The van der Waals surface area contributed by atoms with Crippen LogP contribution in [0.1, 0.15) is 29.0 Å². The van der Waals surface area contributed by atoms with E-state index in [0.29, 0.717) is 0 Å². The van der Waals surface area contributed by atoms with Gasteiger partial charge in [0, 0.05) is 6.07 Å². The Labute approximate surface area is 180 Å². The van der Waals surface area contributed by atoms with Crippen molar-refractivity contribution < 1.29 is 31.1 Å². The maximum Gasteiger partial charge on any atom is 0.399 e. The van der Waals surface area contributed by atoms with Gasteiger partial charge in [-0.05, 0) is 41.9 Å². The minimum absolute atomic E-state index is 0.0468. The molecule has 1 heterocycles. The second kappa shape index (κ2) is 9.09. The van der Waals surface area contributed by atoms with E-state index in [-0.39, 0.29) is 28.8 Å². The summed E-state index contributed by atoms with van der Waals surface area (Å²) in [6.45, 7) is 1.46. The van der Waals surface area contributed by atoms with Gasteiger partial charge < -0.3 is 14.5 Å². The van der Waals surface area contributed by atoms with E-state index < -0.39 is 39.3 Å². The van der Waals surface area contributed by atoms with Gasteiger partial charge in [-0.15, -0.1) is 4.91 Å². The highest BCUT2D eigenvalue weighted by molar-refractivity contribution is 7.92. The van der Waals surface area contributed by atoms with Crippen molar-refractivity contribution in [2.75, 3.05) is 11.0 Å². The molecule has 1 atom stereocenters. The van der Waals surface area contributed by atoms with Crippen LogP contribution in [0.4, 0.5) is 20.2 Å². The van der Waals surface area contributed by atoms with Gasteiger partial charge in [0.2, 0.25) is 10.0 Å². The molecule has 0 bridgehead atoms. The van der Waals surface area contributed by atoms with Gasteiger partial charge in [-0.3, -0.25) is 9.52 Å². The van der Waals surface area contributed by atoms with E-state index in [2.05, 4.69) is 15.5 Å². The van der Waals surface area contributed by atoms with Crippen molar-refractivity contribution in [1.29, 1.82) is 0 Å². The molecule has 0 aliphatic heterocycles. The maximum atomic E-state index is 14.2. The third kappa shape index (κ3) is 5.63. The molecule has 1 amide bonds. The number of ether oxygens (including phenoxy) is 1. The monoisotopic (exact) mass is 466 g/mol. The van der Waals surface area contributed by atoms with Crippen LogP contribution in [-0.4, -0.2) is 25.6 Å². The maximum absolute atomic E-state index is 14.2. The van der Waals surface area contributed by atoms with Crippen LogP contribution in [0.2, 0.25) is 0 Å². The third-order valence-electron chi connectivity index (χ3n) is 4.04. The zero-order valence-electron chi connectivity index (χ0n) is 16.6. The van der Waals surface area contributed by atoms with Crippen molar-refractivity contribution >= 4 is 27.3 Å². The Hall–Kier alpha value is -3.87. The van der Waals surface area contributed by atoms with Crippen molar-refractivity contribution in [3.05, 3.63) is 70.5 Å². The fourth-order valence-electron chi connectivity index (χ4n) is 2.59. The number of sulfonamides is 1. The van der Waals surface area contributed by atoms with Crippen molar-refractivity contribution in [2.45, 2.75) is 13.0 Å². The van der Waals surface area contributed by atoms with Gasteiger partial charge in [-0.2, -0.15) is 4.98 Å². The molecule has 168 valence electrons. The van der Waals surface area contributed by atoms with Crippen LogP contribution in [0.15, 0.2) is 52.3 Å². The number of amides is 1. The second-order valence-electron chi connectivity index (χ2n) is 6.62. The Morgan fingerprint density at radius 2 is 1.91 bits per heavy atom. The molecule has 0 saturated carbocycles. The number of carbonyl (C=O) groups is 1. The molecule has 3 rings (SSSR count). The van der Waals surface area contributed by atoms with E-state index in [9.17, 15) is 26.9 Å². The first-order chi connectivity index (χ1) is 15.1. The molecule has 10 nitrogen and oxygen atoms in total. The van der Waals surface area contributed by atoms with Crippen molar-refractivity contribution in [3.8, 4) is 11.8 Å². The summed E-state index contributed by atoms with van der Waals surface area (Å²) in [5.74, 6) is -2.80. The number of hydrogen-bond acceptors (Lipinski definition) is 8. The molecule has 0 aliphatic rings. The van der Waals surface area contributed by atoms with E-state index in [1.54, 1.807) is 4.72 Å². The SMILES string of the molecule is C[C@@H](NC(=O)c1coc(Oc2cccc(N=O)c2)n1)c1cc(F)c(NS(C)(=O)=O)c(F)c1. The van der Waals surface area contributed by atoms with Crippen LogP contribution in [0.3, 0.4) is 0 Å². The molecule has 32 heavy (non-hydrogen) atoms. The number of anilines is 1. The van der Waals surface area contributed by atoms with Gasteiger partial charge in [-0.1, -0.05) is 6.07 Å². The van der Waals surface area contributed by atoms with E-state index in [0.717, 1.165) is 24.7 Å². The minimum atomic E-state index is -3.89. The highest BCUT2D eigenvalue weighted by Gasteiger charge is 2.20. The van der Waals surface area contributed by atoms with Crippen LogP contribution in [0.25, 0.3) is 0 Å². The molecule has 13 heteroatoms. The number of aromatic nitrogens is 1. The highest BCUT2D eigenvalue weighted by Crippen LogP contribution is 2.27. The zero-order chi connectivity index (χ0) is 23.5. The quantitative estimate of drug-likeness (QED) is 0.478. The van der Waals surface area contributed by atoms with Crippen LogP contribution in [-0.2, 0) is 10.0 Å². The number of halogens is 2. The third-order valence-corrected chi connectivity index (χ3v) is 4.62. The summed E-state index contributed by atoms with van der Waals surface area (Å²) in [4.78, 5) is 26.8. The summed E-state index contributed by atoms with van der Waals surface area (Å²) in [5.41, 5.74) is -0.821. The van der Waals surface area contributed by atoms with Crippen molar-refractivity contribution in [3.63, 3.8) is 0 Å². The Morgan fingerprint density at radius 3 is 2.53 bits per heavy atom. The van der Waals surface area contributed by atoms with Crippen LogP contribution in [0, 0.1) is 16.5 Å². The first-order valence-corrected chi connectivity index (χ1v) is 10.8. The van der Waals surface area contributed by atoms with Gasteiger partial charge in [0.15, 0.2) is 17.3 Å². The number of hydrogen-bond donors (Lipinski definition) is 2. The summed E-state index contributed by atoms with van der Waals surface area (Å²) in [6.07, 6.45) is 1.49. The summed E-state index contributed by atoms with van der Waals surface area (Å²) >= 11 is 0. The lowest BCUT2D eigenvalue weighted by molar-refractivity contribution is 0.0934. The van der Waals surface area contributed by atoms with Crippen molar-refractivity contribution in [2.24, 2.45) is 5.18 Å². The predicted molar refractivity (Wildman–Crippen MR) is 109 cm³/mol. The molecule has 0 radical (unpaired) electrons. The lowest BCUT2D eigenvalue weighted by atomic mass is 10.1. The molecule has 0 fully saturated rings. The Morgan fingerprint density at radius 1 is 1.22 bits per heavy atom. The lowest BCUT2D eigenvalue weighted by Gasteiger charge is -2.15. The number of nitroso groups, excluding NO2 is 1. The molecule has 0 saturated heterocycles. The van der Waals surface area contributed by atoms with Crippen LogP contribution in [0.5, 0.6) is 11.8 Å². The van der Waals surface area contributed by atoms with E-state index in [4.69, 9.17) is 9.15 Å². The summed E-state index contributed by atoms with van der Waals surface area (Å²) < 4.78 is 62.9. The standard InChI is InChI=1S/C19H16F2N4O6S/c1-10(11-6-14(20)17(15(21)7-11)25-32(2,28)29)22-18(26)16-9-30-19(23-16)31-13-5-3-4-12(8-13)24-27/h3-10,25H,1-2H3,(H,22,26)/t10-/m1/s1. The molecule has 0 aliphatic carbocycles. The Kier molecular flexibility index (Phi) is 6.48. The molecule has 0 unspecified atom stereocenters. The normalized spacial score (nSPS) is 12.1. The van der Waals surface area contributed by atoms with Crippen LogP contribution >= 0.6 is 0 Å². The first kappa shape index (κ1) is 22.8. The second-order valence-corrected chi connectivity index (χ2v) is 8.37. The predicted octanol–water partition coefficient (Wildman–Crippen LogP) is 4.01. The molecule has 2 N–H and O–H groups in total. The summed E-state index contributed by atoms with van der Waals surface area (Å²) in [7, 11) is -3.89. The van der Waals surface area contributed by atoms with Gasteiger partial charge >= 0.3 is 6.08 Å². The lowest BCUT2D eigenvalue weighted by Crippen LogP contribution is -2.27. The number of nitrogens with zero attached hydrogens (tertiary/aromatic N) is 2. The average Bonchev–Trinajstić information content (AvgIpc) is 3.18. The van der Waals surface area contributed by atoms with Gasteiger partial charge in [0.25, 0.3) is 5.91 Å². The molecule has 2 aromatic carbocycles. The van der Waals surface area contributed by atoms with Crippen molar-refractivity contribution in [1.82, 2.24) is 10.3 Å². The summed E-state index contributed by atoms with van der Waals surface area (Å²) in [6, 6.07) is 6.77. The fourth-order valence-corrected chi connectivity index (χ4v) is 3.16. The fraction of sp³-hybridized carbons (Fsp3) is 0.158. The van der Waals surface area contributed by atoms with Gasteiger partial charge in [-0.25, -0.2) is 17.2 Å². The first-order valence-electron chi connectivity index (χ1n) is 8.90. The Bertz CT molecular complexity index is 1260. The topological polar surface area (TPSA) is 140 Å². The van der Waals surface area contributed by atoms with E-state index in [1.165, 1.54) is 31.2 Å². The molecule has 0 spiro atoms. The van der Waals surface area contributed by atoms with E-state index >= 15 is 0 Å². The Balaban J connectivity index is 1.70. The summed E-state index contributed by atoms with van der Waals surface area (Å²) in [5, 5.41) is 5.26. The van der Waals surface area contributed by atoms with E-state index in [1.807, 2.05) is 0 Å². The van der Waals surface area contributed by atoms with Gasteiger partial charge in [0.1, 0.15) is 23.4 Å². The number of oxazole rings is 1. The average molecular weight is 466 g/mol. The smallest absolute Gasteiger partial charge is 0.399 e. The molecular formula is C19H16F2N4O6S. The van der Waals surface area contributed by atoms with Crippen LogP contribution < -0.4 is 14.8 Å². The largest absolute Gasteiger partial charge is 0.416 e. The highest BCUT2D eigenvalue weighted by atomic mass is 32.2.